The summed E-state index contributed by atoms with van der Waals surface area (Å²) in [5.41, 5.74) is 1.35. The summed E-state index contributed by atoms with van der Waals surface area (Å²) >= 11 is 14.4. The molecule has 0 radical (unpaired) electrons. The summed E-state index contributed by atoms with van der Waals surface area (Å²) in [5, 5.41) is 6.12. The van der Waals surface area contributed by atoms with E-state index in [1.807, 2.05) is 13.0 Å². The molecule has 0 bridgehead atoms. The van der Waals surface area contributed by atoms with E-state index in [0.717, 1.165) is 10.0 Å². The molecular weight excluding hydrogens is 374 g/mol. The van der Waals surface area contributed by atoms with E-state index < -0.39 is 0 Å². The van der Waals surface area contributed by atoms with Crippen molar-refractivity contribution in [3.8, 4) is 0 Å². The fourth-order valence-electron chi connectivity index (χ4n) is 1.51. The third kappa shape index (κ3) is 4.49. The lowest BCUT2D eigenvalue weighted by atomic mass is 10.1. The Morgan fingerprint density at radius 2 is 2.10 bits per heavy atom. The minimum absolute atomic E-state index is 0.173. The molecule has 0 aliphatic carbocycles. The van der Waals surface area contributed by atoms with Gasteiger partial charge in [0, 0.05) is 21.3 Å². The molecular formula is C14H11BrClN3OS. The van der Waals surface area contributed by atoms with E-state index in [1.54, 1.807) is 30.5 Å². The summed E-state index contributed by atoms with van der Waals surface area (Å²) in [7, 11) is 0. The number of aromatic nitrogens is 1. The third-order valence-electron chi connectivity index (χ3n) is 2.63. The summed E-state index contributed by atoms with van der Waals surface area (Å²) in [5.74, 6) is 0.219. The molecule has 7 heteroatoms. The molecule has 1 aromatic heterocycles. The molecule has 1 amide bonds. The van der Waals surface area contributed by atoms with Crippen molar-refractivity contribution in [2.45, 2.75) is 6.92 Å². The number of nitrogens with one attached hydrogen (secondary N) is 2. The monoisotopic (exact) mass is 383 g/mol. The number of nitrogens with zero attached hydrogens (tertiary/aromatic N) is 1. The van der Waals surface area contributed by atoms with Crippen LogP contribution in [0.1, 0.15) is 15.9 Å². The first-order valence-electron chi connectivity index (χ1n) is 5.96. The molecule has 2 aromatic rings. The van der Waals surface area contributed by atoms with Crippen LogP contribution in [0, 0.1) is 6.92 Å². The second kappa shape index (κ2) is 6.98. The zero-order valence-corrected chi connectivity index (χ0v) is 14.1. The van der Waals surface area contributed by atoms with E-state index in [-0.39, 0.29) is 11.0 Å². The molecule has 2 N–H and O–H groups in total. The highest BCUT2D eigenvalue weighted by Gasteiger charge is 2.09. The van der Waals surface area contributed by atoms with Crippen LogP contribution in [0.5, 0.6) is 0 Å². The van der Waals surface area contributed by atoms with Crippen LogP contribution in [0.2, 0.25) is 5.02 Å². The van der Waals surface area contributed by atoms with Gasteiger partial charge in [0.2, 0.25) is 0 Å². The Labute approximate surface area is 141 Å². The summed E-state index contributed by atoms with van der Waals surface area (Å²) in [6, 6.07) is 8.64. The fourth-order valence-corrected chi connectivity index (χ4v) is 2.12. The van der Waals surface area contributed by atoms with E-state index in [4.69, 9.17) is 23.8 Å². The molecule has 0 saturated heterocycles. The smallest absolute Gasteiger partial charge is 0.257 e. The average Bonchev–Trinajstić information content (AvgIpc) is 2.44. The molecule has 1 heterocycles. The Hall–Kier alpha value is -1.50. The summed E-state index contributed by atoms with van der Waals surface area (Å²) in [6.07, 6.45) is 1.63. The predicted octanol–water partition coefficient (Wildman–Crippen LogP) is 3.93. The molecule has 0 saturated carbocycles. The maximum atomic E-state index is 12.0. The van der Waals surface area contributed by atoms with Crippen molar-refractivity contribution in [1.29, 1.82) is 0 Å². The number of aryl methyl sites for hydroxylation is 1. The summed E-state index contributed by atoms with van der Waals surface area (Å²) < 4.78 is 0.859. The largest absolute Gasteiger partial charge is 0.317 e. The fraction of sp³-hybridized carbons (Fsp3) is 0.0714. The Bertz CT molecular complexity index is 691. The summed E-state index contributed by atoms with van der Waals surface area (Å²) in [6.45, 7) is 1.87. The Morgan fingerprint density at radius 3 is 2.71 bits per heavy atom. The molecule has 0 aliphatic heterocycles. The van der Waals surface area contributed by atoms with E-state index >= 15 is 0 Å². The van der Waals surface area contributed by atoms with Crippen LogP contribution >= 0.6 is 39.7 Å². The maximum absolute atomic E-state index is 12.0. The lowest BCUT2D eigenvalue weighted by Gasteiger charge is -2.09. The van der Waals surface area contributed by atoms with Gasteiger partial charge >= 0.3 is 0 Å². The molecule has 1 aromatic carbocycles. The van der Waals surface area contributed by atoms with Crippen molar-refractivity contribution in [3.63, 3.8) is 0 Å². The zero-order chi connectivity index (χ0) is 15.4. The lowest BCUT2D eigenvalue weighted by Crippen LogP contribution is -2.34. The number of carbonyl (C=O) groups is 1. The molecule has 108 valence electrons. The van der Waals surface area contributed by atoms with Crippen molar-refractivity contribution < 1.29 is 4.79 Å². The second-order valence-corrected chi connectivity index (χ2v) is 5.96. The average molecular weight is 385 g/mol. The number of carbonyl (C=O) groups excluding carboxylic acids is 1. The minimum Gasteiger partial charge on any atom is -0.317 e. The maximum Gasteiger partial charge on any atom is 0.257 e. The first kappa shape index (κ1) is 15.9. The number of amides is 1. The van der Waals surface area contributed by atoms with Crippen LogP contribution in [0.15, 0.2) is 41.0 Å². The van der Waals surface area contributed by atoms with Crippen molar-refractivity contribution in [3.05, 3.63) is 57.2 Å². The highest BCUT2D eigenvalue weighted by Crippen LogP contribution is 2.16. The Kier molecular flexibility index (Phi) is 5.27. The quantitative estimate of drug-likeness (QED) is 0.770. The van der Waals surface area contributed by atoms with Gasteiger partial charge in [0.25, 0.3) is 5.91 Å². The molecule has 0 fully saturated rings. The van der Waals surface area contributed by atoms with Crippen LogP contribution in [0.4, 0.5) is 5.82 Å². The number of hydrogen-bond donors (Lipinski definition) is 2. The second-order valence-electron chi connectivity index (χ2n) is 4.23. The van der Waals surface area contributed by atoms with Crippen molar-refractivity contribution >= 4 is 56.6 Å². The van der Waals surface area contributed by atoms with E-state index in [9.17, 15) is 4.79 Å². The number of hydrogen-bond acceptors (Lipinski definition) is 3. The van der Waals surface area contributed by atoms with Gasteiger partial charge in [-0.05, 0) is 64.9 Å². The molecule has 2 rings (SSSR count). The van der Waals surface area contributed by atoms with Gasteiger partial charge < -0.3 is 5.32 Å². The number of pyridine rings is 1. The van der Waals surface area contributed by atoms with E-state index in [0.29, 0.717) is 16.4 Å². The van der Waals surface area contributed by atoms with Gasteiger partial charge in [-0.15, -0.1) is 0 Å². The number of benzene rings is 1. The van der Waals surface area contributed by atoms with Crippen molar-refractivity contribution in [2.24, 2.45) is 0 Å². The lowest BCUT2D eigenvalue weighted by molar-refractivity contribution is 0.0977. The highest BCUT2D eigenvalue weighted by atomic mass is 79.9. The van der Waals surface area contributed by atoms with Crippen LogP contribution < -0.4 is 10.6 Å². The van der Waals surface area contributed by atoms with Gasteiger partial charge in [0.05, 0.1) is 0 Å². The van der Waals surface area contributed by atoms with Gasteiger partial charge in [-0.25, -0.2) is 4.98 Å². The first-order chi connectivity index (χ1) is 9.95. The first-order valence-corrected chi connectivity index (χ1v) is 7.53. The molecule has 0 unspecified atom stereocenters. The standard InChI is InChI=1S/C14H11BrClN3OS/c1-8-2-3-9(6-11(8)16)13(20)19-14(21)18-12-5-4-10(15)7-17-12/h2-7H,1H3,(H2,17,18,19,20,21). The number of thiocarbonyl (C=S) groups is 1. The van der Waals surface area contributed by atoms with Gasteiger partial charge in [0.15, 0.2) is 5.11 Å². The third-order valence-corrected chi connectivity index (χ3v) is 3.71. The molecule has 21 heavy (non-hydrogen) atoms. The van der Waals surface area contributed by atoms with Crippen LogP contribution in [0.3, 0.4) is 0 Å². The Balaban J connectivity index is 2.00. The number of halogens is 2. The van der Waals surface area contributed by atoms with Gasteiger partial charge in [-0.2, -0.15) is 0 Å². The van der Waals surface area contributed by atoms with E-state index in [2.05, 4.69) is 31.5 Å². The van der Waals surface area contributed by atoms with Crippen LogP contribution in [0.25, 0.3) is 0 Å². The van der Waals surface area contributed by atoms with Crippen LogP contribution in [-0.2, 0) is 0 Å². The number of anilines is 1. The highest BCUT2D eigenvalue weighted by molar-refractivity contribution is 9.10. The van der Waals surface area contributed by atoms with E-state index in [1.165, 1.54) is 0 Å². The minimum atomic E-state index is -0.327. The van der Waals surface area contributed by atoms with Crippen LogP contribution in [-0.4, -0.2) is 16.0 Å². The predicted molar refractivity (Wildman–Crippen MR) is 91.8 cm³/mol. The van der Waals surface area contributed by atoms with Gasteiger partial charge in [0.1, 0.15) is 5.82 Å². The SMILES string of the molecule is Cc1ccc(C(=O)NC(=S)Nc2ccc(Br)cn2)cc1Cl. The molecule has 4 nitrogen and oxygen atoms in total. The number of rotatable bonds is 2. The van der Waals surface area contributed by atoms with Gasteiger partial charge in [-0.1, -0.05) is 17.7 Å². The normalized spacial score (nSPS) is 10.0. The Morgan fingerprint density at radius 1 is 1.33 bits per heavy atom. The summed E-state index contributed by atoms with van der Waals surface area (Å²) in [4.78, 5) is 16.1. The van der Waals surface area contributed by atoms with Crippen molar-refractivity contribution in [1.82, 2.24) is 10.3 Å². The topological polar surface area (TPSA) is 54.0 Å². The van der Waals surface area contributed by atoms with Gasteiger partial charge in [-0.3, -0.25) is 10.1 Å². The molecule has 0 atom stereocenters. The zero-order valence-electron chi connectivity index (χ0n) is 11.0. The van der Waals surface area contributed by atoms with Crippen molar-refractivity contribution in [2.75, 3.05) is 5.32 Å². The molecule has 0 spiro atoms. The molecule has 0 aliphatic rings.